The molecule has 0 unspecified atom stereocenters. The van der Waals surface area contributed by atoms with E-state index < -0.39 is 0 Å². The lowest BCUT2D eigenvalue weighted by Crippen LogP contribution is -2.32. The van der Waals surface area contributed by atoms with Gasteiger partial charge in [0, 0.05) is 12.7 Å². The van der Waals surface area contributed by atoms with E-state index in [9.17, 15) is 0 Å². The van der Waals surface area contributed by atoms with Gasteiger partial charge < -0.3 is 5.32 Å². The molecule has 0 atom stereocenters. The molecule has 21 heavy (non-hydrogen) atoms. The summed E-state index contributed by atoms with van der Waals surface area (Å²) in [5, 5.41) is 12.3. The highest BCUT2D eigenvalue weighted by Crippen LogP contribution is 2.37. The molecule has 0 bridgehead atoms. The first-order valence-electron chi connectivity index (χ1n) is 6.97. The summed E-state index contributed by atoms with van der Waals surface area (Å²) in [4.78, 5) is 14.0. The Hall–Kier alpha value is -2.09. The molecular weight excluding hydrogens is 286 g/mol. The van der Waals surface area contributed by atoms with Gasteiger partial charge in [-0.05, 0) is 25.7 Å². The van der Waals surface area contributed by atoms with Gasteiger partial charge in [0.15, 0.2) is 5.82 Å². The van der Waals surface area contributed by atoms with Crippen LogP contribution in [0.2, 0.25) is 0 Å². The fourth-order valence-corrected chi connectivity index (χ4v) is 3.48. The summed E-state index contributed by atoms with van der Waals surface area (Å²) >= 11 is 1.60. The van der Waals surface area contributed by atoms with E-state index in [2.05, 4.69) is 30.6 Å². The Morgan fingerprint density at radius 1 is 1.38 bits per heavy atom. The van der Waals surface area contributed by atoms with Gasteiger partial charge in [-0.3, -0.25) is 0 Å². The van der Waals surface area contributed by atoms with E-state index in [4.69, 9.17) is 0 Å². The molecule has 1 saturated carbocycles. The van der Waals surface area contributed by atoms with Crippen LogP contribution in [0.5, 0.6) is 0 Å². The Morgan fingerprint density at radius 3 is 3.10 bits per heavy atom. The molecule has 0 amide bonds. The first-order valence-corrected chi connectivity index (χ1v) is 7.79. The maximum atomic E-state index is 4.50. The van der Waals surface area contributed by atoms with Gasteiger partial charge in [0.25, 0.3) is 0 Å². The largest absolute Gasteiger partial charge is 0.368 e. The zero-order valence-corrected chi connectivity index (χ0v) is 12.4. The van der Waals surface area contributed by atoms with E-state index in [1.54, 1.807) is 23.9 Å². The van der Waals surface area contributed by atoms with Gasteiger partial charge in [-0.1, -0.05) is 16.6 Å². The maximum absolute atomic E-state index is 4.50. The van der Waals surface area contributed by atoms with E-state index in [0.29, 0.717) is 12.0 Å². The number of hydrogen-bond donors (Lipinski definition) is 1. The molecule has 0 aromatic carbocycles. The number of rotatable bonds is 4. The Kier molecular flexibility index (Phi) is 3.03. The SMILES string of the molecule is Cc1nc2c(NCC3CC(n4ccnn4)C3)ncnc2s1. The van der Waals surface area contributed by atoms with E-state index in [-0.39, 0.29) is 0 Å². The molecule has 0 spiro atoms. The van der Waals surface area contributed by atoms with E-state index >= 15 is 0 Å². The lowest BCUT2D eigenvalue weighted by Gasteiger charge is -2.35. The molecule has 1 N–H and O–H groups in total. The third kappa shape index (κ3) is 2.35. The summed E-state index contributed by atoms with van der Waals surface area (Å²) in [6.45, 7) is 2.90. The van der Waals surface area contributed by atoms with Gasteiger partial charge in [-0.15, -0.1) is 5.10 Å². The van der Waals surface area contributed by atoms with Crippen LogP contribution in [-0.4, -0.2) is 36.5 Å². The van der Waals surface area contributed by atoms with Crippen molar-refractivity contribution in [1.29, 1.82) is 0 Å². The fourth-order valence-electron chi connectivity index (χ4n) is 2.72. The minimum atomic E-state index is 0.492. The van der Waals surface area contributed by atoms with Gasteiger partial charge in [-0.2, -0.15) is 0 Å². The van der Waals surface area contributed by atoms with Crippen LogP contribution >= 0.6 is 11.3 Å². The number of aromatic nitrogens is 6. The van der Waals surface area contributed by atoms with Crippen molar-refractivity contribution >= 4 is 27.5 Å². The van der Waals surface area contributed by atoms with Crippen molar-refractivity contribution in [2.45, 2.75) is 25.8 Å². The molecule has 1 aliphatic carbocycles. The molecule has 3 heterocycles. The Morgan fingerprint density at radius 2 is 2.29 bits per heavy atom. The molecule has 4 rings (SSSR count). The molecule has 0 aliphatic heterocycles. The second-order valence-corrected chi connectivity index (χ2v) is 6.55. The lowest BCUT2D eigenvalue weighted by molar-refractivity contribution is 0.191. The molecule has 3 aromatic rings. The number of fused-ring (bicyclic) bond motifs is 1. The summed E-state index contributed by atoms with van der Waals surface area (Å²) in [5.41, 5.74) is 0.882. The van der Waals surface area contributed by atoms with Crippen molar-refractivity contribution in [2.75, 3.05) is 11.9 Å². The molecule has 1 fully saturated rings. The Balaban J connectivity index is 1.39. The van der Waals surface area contributed by atoms with Crippen molar-refractivity contribution in [3.8, 4) is 0 Å². The van der Waals surface area contributed by atoms with Crippen molar-refractivity contribution in [2.24, 2.45) is 5.92 Å². The standard InChI is InChI=1S/C13H15N7S/c1-8-18-11-12(15-7-16-13(11)21-8)14-6-9-4-10(5-9)20-3-2-17-19-20/h2-3,7,9-10H,4-6H2,1H3,(H,14,15,16). The average molecular weight is 301 g/mol. The predicted octanol–water partition coefficient (Wildman–Crippen LogP) is 2.05. The topological polar surface area (TPSA) is 81.4 Å². The molecular formula is C13H15N7S. The first kappa shape index (κ1) is 12.6. The molecule has 3 aromatic heterocycles. The van der Waals surface area contributed by atoms with Gasteiger partial charge in [-0.25, -0.2) is 19.6 Å². The van der Waals surface area contributed by atoms with Gasteiger partial charge in [0.2, 0.25) is 0 Å². The summed E-state index contributed by atoms with van der Waals surface area (Å²) in [5.74, 6) is 1.48. The fraction of sp³-hybridized carbons (Fsp3) is 0.462. The number of nitrogens with one attached hydrogen (secondary N) is 1. The molecule has 7 nitrogen and oxygen atoms in total. The third-order valence-corrected chi connectivity index (χ3v) is 4.77. The van der Waals surface area contributed by atoms with E-state index in [0.717, 1.165) is 40.6 Å². The number of anilines is 1. The molecule has 0 radical (unpaired) electrons. The third-order valence-electron chi connectivity index (χ3n) is 3.89. The summed E-state index contributed by atoms with van der Waals surface area (Å²) < 4.78 is 1.95. The second-order valence-electron chi connectivity index (χ2n) is 5.36. The molecule has 0 saturated heterocycles. The number of hydrogen-bond acceptors (Lipinski definition) is 7. The predicted molar refractivity (Wildman–Crippen MR) is 80.2 cm³/mol. The van der Waals surface area contributed by atoms with E-state index in [1.165, 1.54) is 0 Å². The van der Waals surface area contributed by atoms with Gasteiger partial charge in [0.05, 0.1) is 17.2 Å². The quantitative estimate of drug-likeness (QED) is 0.794. The number of thiazole rings is 1. The van der Waals surface area contributed by atoms with Crippen LogP contribution in [-0.2, 0) is 0 Å². The maximum Gasteiger partial charge on any atom is 0.156 e. The monoisotopic (exact) mass is 301 g/mol. The van der Waals surface area contributed by atoms with Gasteiger partial charge in [0.1, 0.15) is 16.7 Å². The van der Waals surface area contributed by atoms with Gasteiger partial charge >= 0.3 is 0 Å². The summed E-state index contributed by atoms with van der Waals surface area (Å²) in [6.07, 6.45) is 7.51. The summed E-state index contributed by atoms with van der Waals surface area (Å²) in [6, 6.07) is 0.492. The highest BCUT2D eigenvalue weighted by atomic mass is 32.1. The first-order chi connectivity index (χ1) is 10.3. The average Bonchev–Trinajstić information content (AvgIpc) is 3.05. The van der Waals surface area contributed by atoms with Crippen molar-refractivity contribution in [3.63, 3.8) is 0 Å². The highest BCUT2D eigenvalue weighted by Gasteiger charge is 2.30. The minimum Gasteiger partial charge on any atom is -0.368 e. The van der Waals surface area contributed by atoms with Crippen LogP contribution in [0.3, 0.4) is 0 Å². The van der Waals surface area contributed by atoms with Crippen molar-refractivity contribution in [3.05, 3.63) is 23.7 Å². The van der Waals surface area contributed by atoms with Crippen LogP contribution in [0, 0.1) is 12.8 Å². The molecule has 1 aliphatic rings. The van der Waals surface area contributed by atoms with Crippen LogP contribution in [0.4, 0.5) is 5.82 Å². The Labute approximate surface area is 125 Å². The van der Waals surface area contributed by atoms with Crippen LogP contribution in [0.15, 0.2) is 18.7 Å². The van der Waals surface area contributed by atoms with Crippen LogP contribution in [0.25, 0.3) is 10.3 Å². The number of nitrogens with zero attached hydrogens (tertiary/aromatic N) is 6. The van der Waals surface area contributed by atoms with Crippen LogP contribution in [0.1, 0.15) is 23.9 Å². The smallest absolute Gasteiger partial charge is 0.156 e. The number of aryl methyl sites for hydroxylation is 1. The van der Waals surface area contributed by atoms with Crippen molar-refractivity contribution < 1.29 is 0 Å². The normalized spacial score (nSPS) is 21.4. The second kappa shape index (κ2) is 5.03. The van der Waals surface area contributed by atoms with E-state index in [1.807, 2.05) is 17.8 Å². The summed E-state index contributed by atoms with van der Waals surface area (Å²) in [7, 11) is 0. The molecule has 108 valence electrons. The Bertz CT molecular complexity index is 745. The zero-order chi connectivity index (χ0) is 14.2. The minimum absolute atomic E-state index is 0.492. The zero-order valence-electron chi connectivity index (χ0n) is 11.6. The molecule has 8 heteroatoms. The highest BCUT2D eigenvalue weighted by molar-refractivity contribution is 7.18. The lowest BCUT2D eigenvalue weighted by atomic mass is 9.80. The van der Waals surface area contributed by atoms with Crippen LogP contribution < -0.4 is 5.32 Å². The van der Waals surface area contributed by atoms with Crippen molar-refractivity contribution in [1.82, 2.24) is 29.9 Å².